The Labute approximate surface area is 148 Å². The number of carbonyl (C=O) groups excluding carboxylic acids is 2. The van der Waals surface area contributed by atoms with Gasteiger partial charge in [0, 0.05) is 13.1 Å². The highest BCUT2D eigenvalue weighted by atomic mass is 32.2. The van der Waals surface area contributed by atoms with Crippen LogP contribution >= 0.6 is 0 Å². The molecule has 0 bridgehead atoms. The molecule has 1 fully saturated rings. The number of sulfonamides is 1. The lowest BCUT2D eigenvalue weighted by molar-refractivity contribution is 0.0598. The third-order valence-corrected chi connectivity index (χ3v) is 6.08. The molecule has 0 saturated carbocycles. The van der Waals surface area contributed by atoms with Gasteiger partial charge in [0.05, 0.1) is 30.2 Å². The molecule has 1 aromatic rings. The molecule has 1 aliphatic heterocycles. The molecule has 0 unspecified atom stereocenters. The summed E-state index contributed by atoms with van der Waals surface area (Å²) in [5, 5.41) is 0. The number of hydrogen-bond donors (Lipinski definition) is 0. The molecule has 1 heterocycles. The van der Waals surface area contributed by atoms with Crippen molar-refractivity contribution in [1.82, 2.24) is 4.31 Å². The maximum absolute atomic E-state index is 13.0. The van der Waals surface area contributed by atoms with Crippen molar-refractivity contribution in [3.8, 4) is 0 Å². The Hall–Kier alpha value is -1.93. The van der Waals surface area contributed by atoms with Crippen molar-refractivity contribution in [1.29, 1.82) is 0 Å². The molecular formula is C17H23NO6S. The van der Waals surface area contributed by atoms with Crippen LogP contribution < -0.4 is 0 Å². The standard InChI is InChI=1S/C17H23NO6S/c1-23-16(19)13-10-14(17(20)24-2)12-15(11-13)25(21,22)18-8-6-4-3-5-7-9-18/h10-12H,3-9H2,1-2H3. The summed E-state index contributed by atoms with van der Waals surface area (Å²) >= 11 is 0. The SMILES string of the molecule is COC(=O)c1cc(C(=O)OC)cc(S(=O)(=O)N2CCCCCCC2)c1. The maximum Gasteiger partial charge on any atom is 0.337 e. The Morgan fingerprint density at radius 2 is 1.28 bits per heavy atom. The molecule has 0 atom stereocenters. The molecule has 0 N–H and O–H groups in total. The number of esters is 2. The van der Waals surface area contributed by atoms with Crippen LogP contribution in [0.3, 0.4) is 0 Å². The molecule has 2 rings (SSSR count). The monoisotopic (exact) mass is 369 g/mol. The van der Waals surface area contributed by atoms with Crippen molar-refractivity contribution >= 4 is 22.0 Å². The van der Waals surface area contributed by atoms with Crippen LogP contribution in [0.1, 0.15) is 52.8 Å². The van der Waals surface area contributed by atoms with Crippen LogP contribution in [-0.2, 0) is 19.5 Å². The summed E-state index contributed by atoms with van der Waals surface area (Å²) in [6.07, 6.45) is 4.67. The zero-order valence-electron chi connectivity index (χ0n) is 14.5. The van der Waals surface area contributed by atoms with Gasteiger partial charge in [-0.25, -0.2) is 18.0 Å². The molecule has 1 aliphatic rings. The lowest BCUT2D eigenvalue weighted by Gasteiger charge is -2.24. The molecule has 0 amide bonds. The van der Waals surface area contributed by atoms with Crippen molar-refractivity contribution in [2.75, 3.05) is 27.3 Å². The molecule has 0 aromatic heterocycles. The number of ether oxygens (including phenoxy) is 2. The fraction of sp³-hybridized carbons (Fsp3) is 0.529. The van der Waals surface area contributed by atoms with E-state index in [1.165, 1.54) is 36.7 Å². The largest absolute Gasteiger partial charge is 0.465 e. The van der Waals surface area contributed by atoms with E-state index in [9.17, 15) is 18.0 Å². The fourth-order valence-corrected chi connectivity index (χ4v) is 4.42. The van der Waals surface area contributed by atoms with Gasteiger partial charge in [-0.1, -0.05) is 19.3 Å². The molecule has 0 spiro atoms. The lowest BCUT2D eigenvalue weighted by Crippen LogP contribution is -2.34. The average molecular weight is 369 g/mol. The van der Waals surface area contributed by atoms with Crippen molar-refractivity contribution in [2.24, 2.45) is 0 Å². The van der Waals surface area contributed by atoms with Crippen LogP contribution in [0.4, 0.5) is 0 Å². The zero-order chi connectivity index (χ0) is 18.4. The summed E-state index contributed by atoms with van der Waals surface area (Å²) in [6, 6.07) is 3.75. The highest BCUT2D eigenvalue weighted by Gasteiger charge is 2.27. The molecule has 1 aromatic carbocycles. The van der Waals surface area contributed by atoms with Crippen LogP contribution in [0.2, 0.25) is 0 Å². The maximum atomic E-state index is 13.0. The molecule has 8 heteroatoms. The number of benzene rings is 1. The van der Waals surface area contributed by atoms with Crippen molar-refractivity contribution in [3.05, 3.63) is 29.3 Å². The van der Waals surface area contributed by atoms with E-state index in [1.54, 1.807) is 0 Å². The summed E-state index contributed by atoms with van der Waals surface area (Å²) in [5.41, 5.74) is -0.00737. The van der Waals surface area contributed by atoms with Crippen LogP contribution in [0.25, 0.3) is 0 Å². The van der Waals surface area contributed by atoms with Gasteiger partial charge in [0.1, 0.15) is 0 Å². The first-order chi connectivity index (χ1) is 11.9. The topological polar surface area (TPSA) is 90.0 Å². The summed E-state index contributed by atoms with van der Waals surface area (Å²) in [7, 11) is -1.42. The minimum absolute atomic E-state index is 0.00369. The van der Waals surface area contributed by atoms with E-state index in [-0.39, 0.29) is 16.0 Å². The first-order valence-corrected chi connectivity index (χ1v) is 9.66. The fourth-order valence-electron chi connectivity index (χ4n) is 2.83. The van der Waals surface area contributed by atoms with E-state index < -0.39 is 22.0 Å². The van der Waals surface area contributed by atoms with E-state index in [0.717, 1.165) is 32.1 Å². The number of carbonyl (C=O) groups is 2. The first kappa shape index (κ1) is 19.4. The van der Waals surface area contributed by atoms with E-state index in [4.69, 9.17) is 0 Å². The van der Waals surface area contributed by atoms with Gasteiger partial charge in [-0.15, -0.1) is 0 Å². The third-order valence-electron chi connectivity index (χ3n) is 4.20. The van der Waals surface area contributed by atoms with E-state index in [1.807, 2.05) is 0 Å². The molecule has 0 aliphatic carbocycles. The second kappa shape index (κ2) is 8.44. The first-order valence-electron chi connectivity index (χ1n) is 8.22. The average Bonchev–Trinajstić information content (AvgIpc) is 2.59. The smallest absolute Gasteiger partial charge is 0.337 e. The van der Waals surface area contributed by atoms with Gasteiger partial charge in [-0.2, -0.15) is 4.31 Å². The number of hydrogen-bond acceptors (Lipinski definition) is 6. The Morgan fingerprint density at radius 3 is 1.72 bits per heavy atom. The molecule has 0 radical (unpaired) electrons. The van der Waals surface area contributed by atoms with Gasteiger partial charge in [0.25, 0.3) is 0 Å². The lowest BCUT2D eigenvalue weighted by atomic mass is 10.1. The van der Waals surface area contributed by atoms with Crippen LogP contribution in [0.15, 0.2) is 23.1 Å². The highest BCUT2D eigenvalue weighted by molar-refractivity contribution is 7.89. The summed E-state index contributed by atoms with van der Waals surface area (Å²) in [6.45, 7) is 0.858. The second-order valence-corrected chi connectivity index (χ2v) is 7.84. The molecule has 25 heavy (non-hydrogen) atoms. The van der Waals surface area contributed by atoms with Gasteiger partial charge in [0.2, 0.25) is 10.0 Å². The summed E-state index contributed by atoms with van der Waals surface area (Å²) < 4.78 is 36.7. The van der Waals surface area contributed by atoms with E-state index in [2.05, 4.69) is 9.47 Å². The Kier molecular flexibility index (Phi) is 6.55. The van der Waals surface area contributed by atoms with Crippen molar-refractivity contribution in [2.45, 2.75) is 37.0 Å². The number of nitrogens with zero attached hydrogens (tertiary/aromatic N) is 1. The molecular weight excluding hydrogens is 346 g/mol. The van der Waals surface area contributed by atoms with Gasteiger partial charge < -0.3 is 9.47 Å². The van der Waals surface area contributed by atoms with Crippen LogP contribution in [0.5, 0.6) is 0 Å². The van der Waals surface area contributed by atoms with Gasteiger partial charge in [-0.3, -0.25) is 0 Å². The third kappa shape index (κ3) is 4.58. The highest BCUT2D eigenvalue weighted by Crippen LogP contribution is 2.23. The predicted octanol–water partition coefficient (Wildman–Crippen LogP) is 2.21. The van der Waals surface area contributed by atoms with Crippen LogP contribution in [0, 0.1) is 0 Å². The van der Waals surface area contributed by atoms with Crippen molar-refractivity contribution < 1.29 is 27.5 Å². The number of rotatable bonds is 4. The molecule has 7 nitrogen and oxygen atoms in total. The van der Waals surface area contributed by atoms with Gasteiger partial charge in [0.15, 0.2) is 0 Å². The van der Waals surface area contributed by atoms with E-state index >= 15 is 0 Å². The van der Waals surface area contributed by atoms with Crippen molar-refractivity contribution in [3.63, 3.8) is 0 Å². The second-order valence-electron chi connectivity index (χ2n) is 5.90. The number of methoxy groups -OCH3 is 2. The summed E-state index contributed by atoms with van der Waals surface area (Å²) in [4.78, 5) is 23.6. The minimum atomic E-state index is -3.81. The molecule has 1 saturated heterocycles. The zero-order valence-corrected chi connectivity index (χ0v) is 15.3. The Balaban J connectivity index is 2.47. The molecule has 138 valence electrons. The summed E-state index contributed by atoms with van der Waals surface area (Å²) in [5.74, 6) is -1.43. The van der Waals surface area contributed by atoms with E-state index in [0.29, 0.717) is 13.1 Å². The van der Waals surface area contributed by atoms with Crippen LogP contribution in [-0.4, -0.2) is 52.0 Å². The quantitative estimate of drug-likeness (QED) is 0.756. The van der Waals surface area contributed by atoms with Gasteiger partial charge in [-0.05, 0) is 31.0 Å². The Bertz CT molecular complexity index is 701. The normalized spacial score (nSPS) is 16.6. The minimum Gasteiger partial charge on any atom is -0.465 e. The Morgan fingerprint density at radius 1 is 0.840 bits per heavy atom. The van der Waals surface area contributed by atoms with Gasteiger partial charge >= 0.3 is 11.9 Å². The predicted molar refractivity (Wildman–Crippen MR) is 91.0 cm³/mol.